The molecule has 0 saturated carbocycles. The highest BCUT2D eigenvalue weighted by Gasteiger charge is 2.30. The molecule has 0 spiro atoms. The minimum Gasteiger partial charge on any atom is -0.334 e. The van der Waals surface area contributed by atoms with Crippen LogP contribution < -0.4 is 5.73 Å². The summed E-state index contributed by atoms with van der Waals surface area (Å²) in [5.41, 5.74) is 6.00. The molecule has 1 aliphatic heterocycles. The molecule has 2 N–H and O–H groups in total. The van der Waals surface area contributed by atoms with Crippen LogP contribution in [0, 0.1) is 5.92 Å². The molecule has 1 amide bonds. The molecule has 8 heteroatoms. The van der Waals surface area contributed by atoms with Crippen molar-refractivity contribution < 1.29 is 22.0 Å². The maximum Gasteiger partial charge on any atom is 0.341 e. The molecule has 0 aliphatic carbocycles. The highest BCUT2D eigenvalue weighted by atomic mass is 32.2. The van der Waals surface area contributed by atoms with Gasteiger partial charge < -0.3 is 10.6 Å². The number of benzene rings is 1. The Kier molecular flexibility index (Phi) is 5.36. The van der Waals surface area contributed by atoms with E-state index < -0.39 is 20.5 Å². The molecule has 1 aromatic carbocycles. The van der Waals surface area contributed by atoms with E-state index in [1.807, 2.05) is 0 Å². The zero-order chi connectivity index (χ0) is 17.2. The summed E-state index contributed by atoms with van der Waals surface area (Å²) in [6, 6.07) is 4.56. The number of sulfone groups is 1. The van der Waals surface area contributed by atoms with Crippen LogP contribution in [0.4, 0.5) is 8.78 Å². The van der Waals surface area contributed by atoms with Gasteiger partial charge in [-0.05, 0) is 43.0 Å². The Labute approximate surface area is 134 Å². The number of nitrogens with zero attached hydrogens (tertiary/aromatic N) is 1. The number of alkyl halides is 2. The molecule has 2 atom stereocenters. The van der Waals surface area contributed by atoms with Crippen LogP contribution in [-0.2, 0) is 9.84 Å². The summed E-state index contributed by atoms with van der Waals surface area (Å²) in [5.74, 6) is -3.24. The van der Waals surface area contributed by atoms with Crippen LogP contribution in [0.25, 0.3) is 0 Å². The SMILES string of the molecule is CC1CCN(C(=O)c2ccc(S(=O)(=O)C(F)F)cc2)C(CN)C1. The standard InChI is InChI=1S/C15H20F2N2O3S/c1-10-6-7-19(12(8-10)9-18)14(20)11-2-4-13(5-3-11)23(21,22)15(16)17/h2-5,10,12,15H,6-9,18H2,1H3. The van der Waals surface area contributed by atoms with E-state index in [-0.39, 0.29) is 17.5 Å². The number of rotatable bonds is 4. The van der Waals surface area contributed by atoms with E-state index in [0.717, 1.165) is 25.0 Å². The molecule has 128 valence electrons. The average molecular weight is 346 g/mol. The highest BCUT2D eigenvalue weighted by Crippen LogP contribution is 2.24. The van der Waals surface area contributed by atoms with E-state index in [0.29, 0.717) is 19.0 Å². The van der Waals surface area contributed by atoms with Gasteiger partial charge in [0.2, 0.25) is 9.84 Å². The molecule has 0 aromatic heterocycles. The van der Waals surface area contributed by atoms with Gasteiger partial charge in [0.1, 0.15) is 0 Å². The zero-order valence-corrected chi connectivity index (χ0v) is 13.6. The largest absolute Gasteiger partial charge is 0.341 e. The van der Waals surface area contributed by atoms with Crippen molar-refractivity contribution in [3.05, 3.63) is 29.8 Å². The molecule has 2 unspecified atom stereocenters. The number of carbonyl (C=O) groups is 1. The second-order valence-corrected chi connectivity index (χ2v) is 7.77. The Morgan fingerprint density at radius 2 is 1.96 bits per heavy atom. The Balaban J connectivity index is 2.20. The van der Waals surface area contributed by atoms with Gasteiger partial charge in [-0.15, -0.1) is 0 Å². The number of carbonyl (C=O) groups excluding carboxylic acids is 1. The van der Waals surface area contributed by atoms with Crippen LogP contribution in [-0.4, -0.2) is 44.1 Å². The summed E-state index contributed by atoms with van der Waals surface area (Å²) in [6.45, 7) is 3.04. The number of piperidine rings is 1. The van der Waals surface area contributed by atoms with Crippen molar-refractivity contribution in [1.82, 2.24) is 4.90 Å². The van der Waals surface area contributed by atoms with Crippen LogP contribution in [0.2, 0.25) is 0 Å². The third-order valence-electron chi connectivity index (χ3n) is 4.18. The van der Waals surface area contributed by atoms with Crippen LogP contribution in [0.15, 0.2) is 29.2 Å². The lowest BCUT2D eigenvalue weighted by Crippen LogP contribution is -2.49. The summed E-state index contributed by atoms with van der Waals surface area (Å²) in [5, 5.41) is 0. The van der Waals surface area contributed by atoms with Crippen molar-refractivity contribution in [2.75, 3.05) is 13.1 Å². The fraction of sp³-hybridized carbons (Fsp3) is 0.533. The Hall–Kier alpha value is -1.54. The summed E-state index contributed by atoms with van der Waals surface area (Å²) in [7, 11) is -4.65. The molecular formula is C15H20F2N2O3S. The molecule has 2 rings (SSSR count). The molecule has 1 aromatic rings. The zero-order valence-electron chi connectivity index (χ0n) is 12.8. The molecule has 1 heterocycles. The number of likely N-dealkylation sites (tertiary alicyclic amines) is 1. The molecular weight excluding hydrogens is 326 g/mol. The predicted molar refractivity (Wildman–Crippen MR) is 81.9 cm³/mol. The highest BCUT2D eigenvalue weighted by molar-refractivity contribution is 7.91. The van der Waals surface area contributed by atoms with E-state index in [2.05, 4.69) is 6.92 Å². The molecule has 0 radical (unpaired) electrons. The normalized spacial score (nSPS) is 22.4. The Morgan fingerprint density at radius 1 is 1.35 bits per heavy atom. The van der Waals surface area contributed by atoms with Gasteiger partial charge in [-0.1, -0.05) is 6.92 Å². The van der Waals surface area contributed by atoms with Crippen molar-refractivity contribution in [3.8, 4) is 0 Å². The first-order valence-electron chi connectivity index (χ1n) is 7.40. The summed E-state index contributed by atoms with van der Waals surface area (Å²) in [4.78, 5) is 13.7. The van der Waals surface area contributed by atoms with Gasteiger partial charge in [-0.25, -0.2) is 8.42 Å². The minimum atomic E-state index is -4.65. The second-order valence-electron chi connectivity index (χ2n) is 5.85. The van der Waals surface area contributed by atoms with Crippen molar-refractivity contribution >= 4 is 15.7 Å². The quantitative estimate of drug-likeness (QED) is 0.903. The lowest BCUT2D eigenvalue weighted by Gasteiger charge is -2.38. The first-order chi connectivity index (χ1) is 10.8. The van der Waals surface area contributed by atoms with Gasteiger partial charge in [0.25, 0.3) is 5.91 Å². The lowest BCUT2D eigenvalue weighted by molar-refractivity contribution is 0.0573. The number of halogens is 2. The first kappa shape index (κ1) is 17.8. The van der Waals surface area contributed by atoms with Gasteiger partial charge in [0, 0.05) is 24.7 Å². The molecule has 0 bridgehead atoms. The van der Waals surface area contributed by atoms with E-state index in [9.17, 15) is 22.0 Å². The summed E-state index contributed by atoms with van der Waals surface area (Å²) >= 11 is 0. The third-order valence-corrected chi connectivity index (χ3v) is 5.57. The minimum absolute atomic E-state index is 0.0595. The van der Waals surface area contributed by atoms with Gasteiger partial charge in [0.15, 0.2) is 0 Å². The summed E-state index contributed by atoms with van der Waals surface area (Å²) in [6.07, 6.45) is 1.69. The topological polar surface area (TPSA) is 80.5 Å². The molecule has 5 nitrogen and oxygen atoms in total. The van der Waals surface area contributed by atoms with E-state index in [4.69, 9.17) is 5.73 Å². The van der Waals surface area contributed by atoms with Crippen LogP contribution in [0.3, 0.4) is 0 Å². The number of nitrogens with two attached hydrogens (primary N) is 1. The van der Waals surface area contributed by atoms with Crippen molar-refractivity contribution in [1.29, 1.82) is 0 Å². The fourth-order valence-corrected chi connectivity index (χ4v) is 3.52. The van der Waals surface area contributed by atoms with E-state index in [1.54, 1.807) is 4.90 Å². The van der Waals surface area contributed by atoms with E-state index in [1.165, 1.54) is 12.1 Å². The lowest BCUT2D eigenvalue weighted by atomic mass is 9.92. The predicted octanol–water partition coefficient (Wildman–Crippen LogP) is 1.88. The average Bonchev–Trinajstić information content (AvgIpc) is 2.54. The van der Waals surface area contributed by atoms with Crippen molar-refractivity contribution in [2.45, 2.75) is 36.5 Å². The maximum absolute atomic E-state index is 12.5. The Morgan fingerprint density at radius 3 is 2.48 bits per heavy atom. The van der Waals surface area contributed by atoms with Crippen LogP contribution in [0.1, 0.15) is 30.1 Å². The van der Waals surface area contributed by atoms with Crippen molar-refractivity contribution in [2.24, 2.45) is 11.7 Å². The summed E-state index contributed by atoms with van der Waals surface area (Å²) < 4.78 is 47.8. The third kappa shape index (κ3) is 3.69. The van der Waals surface area contributed by atoms with Gasteiger partial charge in [0.05, 0.1) is 4.90 Å². The van der Waals surface area contributed by atoms with Crippen LogP contribution >= 0.6 is 0 Å². The van der Waals surface area contributed by atoms with E-state index >= 15 is 0 Å². The molecule has 1 saturated heterocycles. The van der Waals surface area contributed by atoms with Gasteiger partial charge >= 0.3 is 5.76 Å². The Bertz CT molecular complexity index is 662. The van der Waals surface area contributed by atoms with Crippen LogP contribution in [0.5, 0.6) is 0 Å². The monoisotopic (exact) mass is 346 g/mol. The van der Waals surface area contributed by atoms with Gasteiger partial charge in [-0.3, -0.25) is 4.79 Å². The molecule has 1 fully saturated rings. The molecule has 23 heavy (non-hydrogen) atoms. The fourth-order valence-electron chi connectivity index (χ4n) is 2.80. The second kappa shape index (κ2) is 6.92. The number of hydrogen-bond acceptors (Lipinski definition) is 4. The first-order valence-corrected chi connectivity index (χ1v) is 8.95. The smallest absolute Gasteiger partial charge is 0.334 e. The number of hydrogen-bond donors (Lipinski definition) is 1. The van der Waals surface area contributed by atoms with Crippen molar-refractivity contribution in [3.63, 3.8) is 0 Å². The number of amides is 1. The maximum atomic E-state index is 12.5. The van der Waals surface area contributed by atoms with Gasteiger partial charge in [-0.2, -0.15) is 8.78 Å². The molecule has 1 aliphatic rings.